The van der Waals surface area contributed by atoms with E-state index in [1.165, 1.54) is 0 Å². The maximum absolute atomic E-state index is 12.5. The van der Waals surface area contributed by atoms with E-state index in [0.29, 0.717) is 28.1 Å². The molecule has 4 rings (SSSR count). The quantitative estimate of drug-likeness (QED) is 0.561. The van der Waals surface area contributed by atoms with Crippen molar-refractivity contribution in [1.29, 1.82) is 0 Å². The molecule has 0 fully saturated rings. The summed E-state index contributed by atoms with van der Waals surface area (Å²) in [6, 6.07) is 14.2. The Balaban J connectivity index is 1.53. The largest absolute Gasteiger partial charge is 0.463 e. The van der Waals surface area contributed by atoms with Crippen LogP contribution < -0.4 is 4.72 Å². The Labute approximate surface area is 149 Å². The minimum atomic E-state index is -3.61. The monoisotopic (exact) mass is 369 g/mol. The van der Waals surface area contributed by atoms with Gasteiger partial charge in [-0.15, -0.1) is 0 Å². The van der Waals surface area contributed by atoms with Crippen LogP contribution in [-0.2, 0) is 22.3 Å². The van der Waals surface area contributed by atoms with Crippen LogP contribution in [0.25, 0.3) is 22.4 Å². The smallest absolute Gasteiger partial charge is 0.217 e. The number of furan rings is 1. The van der Waals surface area contributed by atoms with Gasteiger partial charge in [-0.1, -0.05) is 23.4 Å². The van der Waals surface area contributed by atoms with Crippen LogP contribution in [0.4, 0.5) is 0 Å². The van der Waals surface area contributed by atoms with Gasteiger partial charge in [0, 0.05) is 18.1 Å². The number of aromatic nitrogens is 2. The van der Waals surface area contributed by atoms with E-state index in [4.69, 9.17) is 8.94 Å². The summed E-state index contributed by atoms with van der Waals surface area (Å²) in [5.41, 5.74) is 2.26. The molecule has 0 atom stereocenters. The van der Waals surface area contributed by atoms with Gasteiger partial charge in [-0.05, 0) is 35.9 Å². The third-order valence-corrected chi connectivity index (χ3v) is 5.14. The van der Waals surface area contributed by atoms with Crippen molar-refractivity contribution in [2.45, 2.75) is 12.3 Å². The van der Waals surface area contributed by atoms with Crippen molar-refractivity contribution in [1.82, 2.24) is 14.9 Å². The SMILES string of the molecule is O=S(=O)(Cc1noc2ccccc12)NCc1cccnc1-c1ccco1. The molecular formula is C18H15N3O4S. The molecule has 1 N–H and O–H groups in total. The number of hydrogen-bond acceptors (Lipinski definition) is 6. The standard InChI is InChI=1S/C18H15N3O4S/c22-26(23,12-15-14-6-1-2-7-16(14)25-21-15)20-11-13-5-3-9-19-18(13)17-8-4-10-24-17/h1-10,20H,11-12H2. The van der Waals surface area contributed by atoms with Gasteiger partial charge in [0.25, 0.3) is 0 Å². The van der Waals surface area contributed by atoms with Gasteiger partial charge in [0.1, 0.15) is 17.1 Å². The summed E-state index contributed by atoms with van der Waals surface area (Å²) in [5.74, 6) is 0.322. The Bertz CT molecular complexity index is 1130. The first-order chi connectivity index (χ1) is 12.6. The molecule has 3 heterocycles. The van der Waals surface area contributed by atoms with E-state index >= 15 is 0 Å². The summed E-state index contributed by atoms with van der Waals surface area (Å²) in [5, 5.41) is 4.56. The fourth-order valence-electron chi connectivity index (χ4n) is 2.68. The lowest BCUT2D eigenvalue weighted by atomic mass is 10.1. The molecule has 26 heavy (non-hydrogen) atoms. The van der Waals surface area contributed by atoms with Gasteiger partial charge in [0.05, 0.1) is 6.26 Å². The van der Waals surface area contributed by atoms with Crippen LogP contribution in [0.3, 0.4) is 0 Å². The zero-order chi connectivity index (χ0) is 18.0. The molecular weight excluding hydrogens is 354 g/mol. The first-order valence-electron chi connectivity index (χ1n) is 7.91. The lowest BCUT2D eigenvalue weighted by molar-refractivity contribution is 0.448. The average Bonchev–Trinajstić information content (AvgIpc) is 3.31. The Hall–Kier alpha value is -2.97. The summed E-state index contributed by atoms with van der Waals surface area (Å²) in [6.45, 7) is 0.0992. The maximum atomic E-state index is 12.5. The fourth-order valence-corrected chi connectivity index (χ4v) is 3.72. The van der Waals surface area contributed by atoms with Gasteiger partial charge >= 0.3 is 0 Å². The van der Waals surface area contributed by atoms with Crippen molar-refractivity contribution in [3.63, 3.8) is 0 Å². The van der Waals surface area contributed by atoms with Gasteiger partial charge < -0.3 is 8.94 Å². The normalized spacial score (nSPS) is 11.8. The molecule has 1 aromatic carbocycles. The highest BCUT2D eigenvalue weighted by Crippen LogP contribution is 2.22. The molecule has 0 saturated heterocycles. The van der Waals surface area contributed by atoms with Crippen molar-refractivity contribution in [3.05, 3.63) is 72.2 Å². The Kier molecular flexibility index (Phi) is 4.27. The molecule has 0 saturated carbocycles. The highest BCUT2D eigenvalue weighted by molar-refractivity contribution is 7.88. The van der Waals surface area contributed by atoms with Crippen molar-refractivity contribution in [3.8, 4) is 11.5 Å². The number of para-hydroxylation sites is 1. The summed E-state index contributed by atoms with van der Waals surface area (Å²) in [7, 11) is -3.61. The molecule has 0 spiro atoms. The van der Waals surface area contributed by atoms with Crippen molar-refractivity contribution in [2.75, 3.05) is 0 Å². The number of benzene rings is 1. The van der Waals surface area contributed by atoms with E-state index in [0.717, 1.165) is 5.56 Å². The predicted molar refractivity (Wildman–Crippen MR) is 95.4 cm³/mol. The zero-order valence-electron chi connectivity index (χ0n) is 13.6. The number of nitrogens with one attached hydrogen (secondary N) is 1. The van der Waals surface area contributed by atoms with Crippen molar-refractivity contribution in [2.24, 2.45) is 0 Å². The van der Waals surface area contributed by atoms with E-state index in [1.54, 1.807) is 48.9 Å². The Morgan fingerprint density at radius 1 is 1.04 bits per heavy atom. The lowest BCUT2D eigenvalue weighted by Crippen LogP contribution is -2.25. The number of fused-ring (bicyclic) bond motifs is 1. The fraction of sp³-hybridized carbons (Fsp3) is 0.111. The number of hydrogen-bond donors (Lipinski definition) is 1. The lowest BCUT2D eigenvalue weighted by Gasteiger charge is -2.08. The van der Waals surface area contributed by atoms with Crippen molar-refractivity contribution >= 4 is 21.0 Å². The molecule has 0 aliphatic rings. The molecule has 0 bridgehead atoms. The van der Waals surface area contributed by atoms with E-state index in [-0.39, 0.29) is 12.3 Å². The second kappa shape index (κ2) is 6.74. The van der Waals surface area contributed by atoms with Gasteiger partial charge in [0.15, 0.2) is 11.3 Å². The molecule has 0 aliphatic carbocycles. The number of sulfonamides is 1. The van der Waals surface area contributed by atoms with Crippen molar-refractivity contribution < 1.29 is 17.4 Å². The van der Waals surface area contributed by atoms with Gasteiger partial charge in [-0.2, -0.15) is 0 Å². The molecule has 7 nitrogen and oxygen atoms in total. The number of pyridine rings is 1. The molecule has 0 unspecified atom stereocenters. The first-order valence-corrected chi connectivity index (χ1v) is 9.56. The predicted octanol–water partition coefficient (Wildman–Crippen LogP) is 3.10. The Morgan fingerprint density at radius 2 is 1.92 bits per heavy atom. The molecule has 8 heteroatoms. The minimum Gasteiger partial charge on any atom is -0.463 e. The van der Waals surface area contributed by atoms with Gasteiger partial charge in [-0.3, -0.25) is 4.98 Å². The van der Waals surface area contributed by atoms with Gasteiger partial charge in [-0.25, -0.2) is 13.1 Å². The van der Waals surface area contributed by atoms with Crippen LogP contribution in [0.1, 0.15) is 11.3 Å². The van der Waals surface area contributed by atoms with Crippen LogP contribution >= 0.6 is 0 Å². The number of rotatable bonds is 6. The molecule has 4 aromatic rings. The zero-order valence-corrected chi connectivity index (χ0v) is 14.4. The molecule has 3 aromatic heterocycles. The topological polar surface area (TPSA) is 98.2 Å². The van der Waals surface area contributed by atoms with Crippen LogP contribution in [0.2, 0.25) is 0 Å². The van der Waals surface area contributed by atoms with E-state index in [9.17, 15) is 8.42 Å². The Morgan fingerprint density at radius 3 is 2.77 bits per heavy atom. The van der Waals surface area contributed by atoms with Crippen LogP contribution in [-0.4, -0.2) is 18.6 Å². The highest BCUT2D eigenvalue weighted by Gasteiger charge is 2.18. The second-order valence-corrected chi connectivity index (χ2v) is 7.50. The summed E-state index contributed by atoms with van der Waals surface area (Å²) < 4.78 is 38.1. The first kappa shape index (κ1) is 16.5. The van der Waals surface area contributed by atoms with E-state index < -0.39 is 10.0 Å². The summed E-state index contributed by atoms with van der Waals surface area (Å²) in [6.07, 6.45) is 3.19. The van der Waals surface area contributed by atoms with E-state index in [1.807, 2.05) is 12.1 Å². The van der Waals surface area contributed by atoms with Crippen LogP contribution in [0, 0.1) is 0 Å². The maximum Gasteiger partial charge on any atom is 0.217 e. The third-order valence-electron chi connectivity index (χ3n) is 3.91. The van der Waals surface area contributed by atoms with E-state index in [2.05, 4.69) is 14.9 Å². The number of nitrogens with zero attached hydrogens (tertiary/aromatic N) is 2. The van der Waals surface area contributed by atoms with Crippen LogP contribution in [0.15, 0.2) is 69.9 Å². The molecule has 0 aliphatic heterocycles. The third kappa shape index (κ3) is 3.37. The van der Waals surface area contributed by atoms with Crippen LogP contribution in [0.5, 0.6) is 0 Å². The van der Waals surface area contributed by atoms with Gasteiger partial charge in [0.2, 0.25) is 10.0 Å². The molecule has 132 valence electrons. The minimum absolute atomic E-state index is 0.0992. The second-order valence-electron chi connectivity index (χ2n) is 5.69. The molecule has 0 radical (unpaired) electrons. The summed E-state index contributed by atoms with van der Waals surface area (Å²) >= 11 is 0. The molecule has 0 amide bonds. The average molecular weight is 369 g/mol. The highest BCUT2D eigenvalue weighted by atomic mass is 32.2. The summed E-state index contributed by atoms with van der Waals surface area (Å²) in [4.78, 5) is 4.28.